The lowest BCUT2D eigenvalue weighted by molar-refractivity contribution is -0.143. The molecule has 2 aliphatic heterocycles. The number of piperazine rings is 1. The molecule has 224 valence electrons. The van der Waals surface area contributed by atoms with Gasteiger partial charge in [-0.05, 0) is 51.0 Å². The lowest BCUT2D eigenvalue weighted by atomic mass is 9.90. The zero-order chi connectivity index (χ0) is 30.5. The number of alkyl halides is 3. The zero-order valence-electron chi connectivity index (χ0n) is 23.7. The lowest BCUT2D eigenvalue weighted by Gasteiger charge is -2.46. The number of amides is 2. The van der Waals surface area contributed by atoms with Gasteiger partial charge in [-0.2, -0.15) is 13.2 Å². The van der Waals surface area contributed by atoms with Crippen molar-refractivity contribution in [2.75, 3.05) is 30.7 Å². The van der Waals surface area contributed by atoms with E-state index in [1.54, 1.807) is 30.5 Å². The molecule has 0 bridgehead atoms. The molecule has 0 radical (unpaired) electrons. The molecule has 10 nitrogen and oxygen atoms in total. The Bertz CT molecular complexity index is 1690. The van der Waals surface area contributed by atoms with E-state index < -0.39 is 17.6 Å². The Morgan fingerprint density at radius 2 is 1.84 bits per heavy atom. The molecule has 2 aliphatic rings. The number of aromatic nitrogens is 4. The standard InChI is InChI=1S/C30H31F3N8O2/c1-17(2)39-15-22-8-7-20(14-41(22)24(42)16-39)28-38-25(26-27(34)36-11-12-40(26)28)18-3-5-19(6-4-18)29(43)37-23-13-21(9-10-35-23)30(31,32)33/h3-6,9-13,17,20,22H,7-8,14-16H2,1-2H3,(H2,34,36)(H,35,37,43). The van der Waals surface area contributed by atoms with E-state index in [1.807, 2.05) is 15.5 Å². The number of halogens is 3. The first-order valence-corrected chi connectivity index (χ1v) is 14.1. The molecule has 5 heterocycles. The molecule has 13 heteroatoms. The summed E-state index contributed by atoms with van der Waals surface area (Å²) in [4.78, 5) is 43.2. The third-order valence-corrected chi connectivity index (χ3v) is 8.27. The highest BCUT2D eigenvalue weighted by Crippen LogP contribution is 2.36. The summed E-state index contributed by atoms with van der Waals surface area (Å²) in [7, 11) is 0. The summed E-state index contributed by atoms with van der Waals surface area (Å²) in [5, 5.41) is 2.42. The van der Waals surface area contributed by atoms with Gasteiger partial charge in [0.25, 0.3) is 5.91 Å². The largest absolute Gasteiger partial charge is 0.416 e. The van der Waals surface area contributed by atoms with Gasteiger partial charge >= 0.3 is 6.18 Å². The Labute approximate surface area is 245 Å². The van der Waals surface area contributed by atoms with Crippen LogP contribution in [0.2, 0.25) is 0 Å². The smallest absolute Gasteiger partial charge is 0.382 e. The molecule has 2 saturated heterocycles. The molecule has 2 atom stereocenters. The maximum absolute atomic E-state index is 13.1. The number of carbonyl (C=O) groups is 2. The van der Waals surface area contributed by atoms with Crippen LogP contribution >= 0.6 is 0 Å². The van der Waals surface area contributed by atoms with Gasteiger partial charge in [0.1, 0.15) is 28.7 Å². The average Bonchev–Trinajstić information content (AvgIpc) is 3.38. The summed E-state index contributed by atoms with van der Waals surface area (Å²) in [5.74, 6) is 0.406. The molecule has 3 aromatic heterocycles. The van der Waals surface area contributed by atoms with Crippen LogP contribution in [0.25, 0.3) is 16.8 Å². The fourth-order valence-corrected chi connectivity index (χ4v) is 5.95. The van der Waals surface area contributed by atoms with Crippen molar-refractivity contribution in [1.29, 1.82) is 0 Å². The summed E-state index contributed by atoms with van der Waals surface area (Å²) in [6.45, 7) is 6.06. The molecule has 2 fully saturated rings. The number of nitrogen functional groups attached to an aromatic ring is 1. The van der Waals surface area contributed by atoms with Gasteiger partial charge in [-0.25, -0.2) is 15.0 Å². The normalized spacial score (nSPS) is 19.6. The van der Waals surface area contributed by atoms with E-state index in [2.05, 4.69) is 34.0 Å². The van der Waals surface area contributed by atoms with Crippen LogP contribution in [-0.4, -0.2) is 72.7 Å². The SMILES string of the molecule is CC(C)N1CC(=O)N2CC(c3nc(-c4ccc(C(=O)Nc5cc(C(F)(F)F)ccn5)cc4)c4c(N)nccn34)CCC2C1. The highest BCUT2D eigenvalue weighted by molar-refractivity contribution is 6.04. The number of fused-ring (bicyclic) bond motifs is 2. The van der Waals surface area contributed by atoms with Gasteiger partial charge in [0.2, 0.25) is 5.91 Å². The molecule has 6 rings (SSSR count). The predicted molar refractivity (Wildman–Crippen MR) is 154 cm³/mol. The summed E-state index contributed by atoms with van der Waals surface area (Å²) in [5.41, 5.74) is 7.55. The van der Waals surface area contributed by atoms with Crippen LogP contribution in [0.3, 0.4) is 0 Å². The summed E-state index contributed by atoms with van der Waals surface area (Å²) in [6, 6.07) is 8.66. The summed E-state index contributed by atoms with van der Waals surface area (Å²) in [6.07, 6.45) is 1.61. The topological polar surface area (TPSA) is 122 Å². The van der Waals surface area contributed by atoms with Crippen LogP contribution in [-0.2, 0) is 11.0 Å². The molecular weight excluding hydrogens is 561 g/mol. The van der Waals surface area contributed by atoms with E-state index in [0.717, 1.165) is 43.5 Å². The number of piperidine rings is 1. The molecule has 3 N–H and O–H groups in total. The van der Waals surface area contributed by atoms with Crippen molar-refractivity contribution >= 4 is 29.0 Å². The minimum atomic E-state index is -4.55. The average molecular weight is 593 g/mol. The first kappa shape index (κ1) is 28.6. The van der Waals surface area contributed by atoms with Crippen molar-refractivity contribution in [3.05, 3.63) is 71.9 Å². The van der Waals surface area contributed by atoms with Crippen LogP contribution < -0.4 is 11.1 Å². The minimum Gasteiger partial charge on any atom is -0.382 e. The van der Waals surface area contributed by atoms with Crippen molar-refractivity contribution in [3.8, 4) is 11.3 Å². The Kier molecular flexibility index (Phi) is 7.28. The molecule has 43 heavy (non-hydrogen) atoms. The van der Waals surface area contributed by atoms with Gasteiger partial charge in [0, 0.05) is 60.8 Å². The van der Waals surface area contributed by atoms with Crippen molar-refractivity contribution in [2.24, 2.45) is 0 Å². The third-order valence-electron chi connectivity index (χ3n) is 8.27. The number of nitrogens with two attached hydrogens (primary N) is 1. The molecule has 1 aromatic carbocycles. The number of carbonyl (C=O) groups excluding carboxylic acids is 2. The Hall–Kier alpha value is -4.52. The number of hydrogen-bond acceptors (Lipinski definition) is 7. The molecule has 0 saturated carbocycles. The van der Waals surface area contributed by atoms with E-state index in [4.69, 9.17) is 10.7 Å². The quantitative estimate of drug-likeness (QED) is 0.351. The number of benzene rings is 1. The zero-order valence-corrected chi connectivity index (χ0v) is 23.7. The molecule has 0 aliphatic carbocycles. The second kappa shape index (κ2) is 11.0. The number of anilines is 2. The maximum atomic E-state index is 13.1. The molecule has 4 aromatic rings. The van der Waals surface area contributed by atoms with E-state index in [0.29, 0.717) is 41.7 Å². The van der Waals surface area contributed by atoms with Crippen LogP contribution in [0.4, 0.5) is 24.8 Å². The molecular formula is C30H31F3N8O2. The Morgan fingerprint density at radius 1 is 1.07 bits per heavy atom. The van der Waals surface area contributed by atoms with E-state index in [1.165, 1.54) is 0 Å². The van der Waals surface area contributed by atoms with Crippen molar-refractivity contribution in [2.45, 2.75) is 50.9 Å². The van der Waals surface area contributed by atoms with Crippen LogP contribution in [0.15, 0.2) is 55.0 Å². The van der Waals surface area contributed by atoms with Gasteiger partial charge in [0.15, 0.2) is 0 Å². The van der Waals surface area contributed by atoms with Crippen molar-refractivity contribution in [1.82, 2.24) is 29.2 Å². The number of rotatable bonds is 5. The van der Waals surface area contributed by atoms with Crippen molar-refractivity contribution in [3.63, 3.8) is 0 Å². The van der Waals surface area contributed by atoms with Gasteiger partial charge in [-0.3, -0.25) is 18.9 Å². The molecule has 2 amide bonds. The highest BCUT2D eigenvalue weighted by Gasteiger charge is 2.39. The molecule has 0 spiro atoms. The number of pyridine rings is 1. The first-order chi connectivity index (χ1) is 20.5. The van der Waals surface area contributed by atoms with Gasteiger partial charge in [-0.1, -0.05) is 12.1 Å². The Balaban J connectivity index is 1.25. The monoisotopic (exact) mass is 592 g/mol. The van der Waals surface area contributed by atoms with E-state index >= 15 is 0 Å². The Morgan fingerprint density at radius 3 is 2.56 bits per heavy atom. The van der Waals surface area contributed by atoms with Gasteiger partial charge in [0.05, 0.1) is 12.1 Å². The number of imidazole rings is 1. The number of nitrogens with one attached hydrogen (secondary N) is 1. The number of hydrogen-bond donors (Lipinski definition) is 2. The fourth-order valence-electron chi connectivity index (χ4n) is 5.95. The third kappa shape index (κ3) is 5.52. The fraction of sp³-hybridized carbons (Fsp3) is 0.367. The van der Waals surface area contributed by atoms with Crippen LogP contribution in [0.5, 0.6) is 0 Å². The van der Waals surface area contributed by atoms with Crippen molar-refractivity contribution < 1.29 is 22.8 Å². The highest BCUT2D eigenvalue weighted by atomic mass is 19.4. The van der Waals surface area contributed by atoms with Crippen LogP contribution in [0, 0.1) is 0 Å². The molecule has 2 unspecified atom stereocenters. The summed E-state index contributed by atoms with van der Waals surface area (Å²) >= 11 is 0. The second-order valence-corrected chi connectivity index (χ2v) is 11.3. The van der Waals surface area contributed by atoms with Gasteiger partial charge < -0.3 is 16.0 Å². The van der Waals surface area contributed by atoms with Crippen LogP contribution in [0.1, 0.15) is 54.4 Å². The maximum Gasteiger partial charge on any atom is 0.416 e. The van der Waals surface area contributed by atoms with Gasteiger partial charge in [-0.15, -0.1) is 0 Å². The van der Waals surface area contributed by atoms with E-state index in [9.17, 15) is 22.8 Å². The lowest BCUT2D eigenvalue weighted by Crippen LogP contribution is -2.60. The van der Waals surface area contributed by atoms with E-state index in [-0.39, 0.29) is 29.2 Å². The first-order valence-electron chi connectivity index (χ1n) is 14.1. The summed E-state index contributed by atoms with van der Waals surface area (Å²) < 4.78 is 41.1. The minimum absolute atomic E-state index is 0.00105. The number of nitrogens with zero attached hydrogens (tertiary/aromatic N) is 6. The second-order valence-electron chi connectivity index (χ2n) is 11.3. The predicted octanol–water partition coefficient (Wildman–Crippen LogP) is 4.44.